The Morgan fingerprint density at radius 1 is 1.27 bits per heavy atom. The molecule has 4 rings (SSSR count). The number of aryl methyl sites for hydroxylation is 1. The zero-order valence-electron chi connectivity index (χ0n) is 13.0. The third-order valence-corrected chi connectivity index (χ3v) is 5.86. The first kappa shape index (κ1) is 14.2. The number of fused-ring (bicyclic) bond motifs is 1. The minimum atomic E-state index is 0.652. The summed E-state index contributed by atoms with van der Waals surface area (Å²) in [4.78, 5) is 9.74. The number of methoxy groups -OCH3 is 1. The van der Waals surface area contributed by atoms with Crippen molar-refractivity contribution in [1.82, 2.24) is 9.88 Å². The molecule has 2 saturated heterocycles. The first-order valence-electron chi connectivity index (χ1n) is 7.77. The average Bonchev–Trinajstić information content (AvgIpc) is 2.93. The Morgan fingerprint density at radius 3 is 2.77 bits per heavy atom. The van der Waals surface area contributed by atoms with E-state index in [2.05, 4.69) is 22.8 Å². The smallest absolute Gasteiger partial charge is 0.186 e. The fourth-order valence-electron chi connectivity index (χ4n) is 3.18. The van der Waals surface area contributed by atoms with Gasteiger partial charge in [0.1, 0.15) is 11.3 Å². The van der Waals surface area contributed by atoms with Crippen LogP contribution in [0.25, 0.3) is 10.2 Å². The van der Waals surface area contributed by atoms with Gasteiger partial charge in [-0.3, -0.25) is 4.90 Å². The summed E-state index contributed by atoms with van der Waals surface area (Å²) in [5, 5.41) is 1.12. The number of hydrogen-bond donors (Lipinski definition) is 0. The lowest BCUT2D eigenvalue weighted by Gasteiger charge is -2.46. The minimum absolute atomic E-state index is 0.652. The van der Waals surface area contributed by atoms with Gasteiger partial charge < -0.3 is 14.4 Å². The predicted molar refractivity (Wildman–Crippen MR) is 89.3 cm³/mol. The molecule has 2 aliphatic heterocycles. The van der Waals surface area contributed by atoms with Crippen molar-refractivity contribution in [1.29, 1.82) is 0 Å². The van der Waals surface area contributed by atoms with Crippen molar-refractivity contribution in [2.75, 3.05) is 51.4 Å². The van der Waals surface area contributed by atoms with Crippen LogP contribution in [0.3, 0.4) is 0 Å². The standard InChI is InChI=1S/C16H21N3O2S/c1-11-3-4-13(20-2)14-15(11)22-16(17-14)19-9-12(10-19)18-5-7-21-8-6-18/h3-4,12H,5-10H2,1-2H3. The molecule has 0 aliphatic carbocycles. The van der Waals surface area contributed by atoms with Gasteiger partial charge in [0.05, 0.1) is 25.0 Å². The van der Waals surface area contributed by atoms with Crippen molar-refractivity contribution in [2.24, 2.45) is 0 Å². The van der Waals surface area contributed by atoms with Gasteiger partial charge in [0.25, 0.3) is 0 Å². The second kappa shape index (κ2) is 5.68. The number of rotatable bonds is 3. The summed E-state index contributed by atoms with van der Waals surface area (Å²) < 4.78 is 12.1. The second-order valence-corrected chi connectivity index (χ2v) is 6.94. The van der Waals surface area contributed by atoms with Gasteiger partial charge in [-0.05, 0) is 18.6 Å². The maximum atomic E-state index is 5.45. The topological polar surface area (TPSA) is 37.8 Å². The van der Waals surface area contributed by atoms with Crippen LogP contribution in [0.4, 0.5) is 5.13 Å². The second-order valence-electron chi connectivity index (χ2n) is 5.97. The highest BCUT2D eigenvalue weighted by Crippen LogP contribution is 2.38. The number of aromatic nitrogens is 1. The summed E-state index contributed by atoms with van der Waals surface area (Å²) in [6, 6.07) is 4.77. The lowest BCUT2D eigenvalue weighted by Crippen LogP contribution is -2.61. The van der Waals surface area contributed by atoms with Gasteiger partial charge in [0.2, 0.25) is 0 Å². The highest BCUT2D eigenvalue weighted by molar-refractivity contribution is 7.22. The van der Waals surface area contributed by atoms with Gasteiger partial charge in [0, 0.05) is 32.2 Å². The van der Waals surface area contributed by atoms with Gasteiger partial charge in [-0.15, -0.1) is 0 Å². The lowest BCUT2D eigenvalue weighted by molar-refractivity contribution is 0.0105. The number of benzene rings is 1. The van der Waals surface area contributed by atoms with Crippen LogP contribution in [-0.2, 0) is 4.74 Å². The number of morpholine rings is 1. The van der Waals surface area contributed by atoms with E-state index < -0.39 is 0 Å². The fourth-order valence-corrected chi connectivity index (χ4v) is 4.25. The van der Waals surface area contributed by atoms with Crippen molar-refractivity contribution >= 4 is 26.7 Å². The van der Waals surface area contributed by atoms with Crippen LogP contribution in [0, 0.1) is 6.92 Å². The lowest BCUT2D eigenvalue weighted by atomic mass is 10.1. The molecule has 0 spiro atoms. The fraction of sp³-hybridized carbons (Fsp3) is 0.562. The van der Waals surface area contributed by atoms with Gasteiger partial charge in [0.15, 0.2) is 5.13 Å². The molecule has 5 nitrogen and oxygen atoms in total. The van der Waals surface area contributed by atoms with Crippen LogP contribution >= 0.6 is 11.3 Å². The molecule has 1 aromatic carbocycles. The average molecular weight is 319 g/mol. The largest absolute Gasteiger partial charge is 0.494 e. The summed E-state index contributed by atoms with van der Waals surface area (Å²) in [5.74, 6) is 0.869. The highest BCUT2D eigenvalue weighted by atomic mass is 32.1. The van der Waals surface area contributed by atoms with E-state index in [1.165, 1.54) is 10.3 Å². The van der Waals surface area contributed by atoms with E-state index in [1.54, 1.807) is 18.4 Å². The van der Waals surface area contributed by atoms with Crippen LogP contribution in [0.5, 0.6) is 5.75 Å². The van der Waals surface area contributed by atoms with E-state index in [0.29, 0.717) is 6.04 Å². The molecule has 0 atom stereocenters. The van der Waals surface area contributed by atoms with Gasteiger partial charge >= 0.3 is 0 Å². The Hall–Kier alpha value is -1.37. The monoisotopic (exact) mass is 319 g/mol. The van der Waals surface area contributed by atoms with Crippen LogP contribution in [0.1, 0.15) is 5.56 Å². The van der Waals surface area contributed by atoms with E-state index >= 15 is 0 Å². The first-order chi connectivity index (χ1) is 10.8. The van der Waals surface area contributed by atoms with E-state index in [0.717, 1.165) is 55.8 Å². The molecule has 2 aromatic rings. The number of ether oxygens (including phenoxy) is 2. The van der Waals surface area contributed by atoms with Crippen molar-refractivity contribution in [3.8, 4) is 5.75 Å². The van der Waals surface area contributed by atoms with Crippen molar-refractivity contribution in [2.45, 2.75) is 13.0 Å². The molecule has 0 N–H and O–H groups in total. The van der Waals surface area contributed by atoms with Crippen LogP contribution in [-0.4, -0.2) is 62.4 Å². The highest BCUT2D eigenvalue weighted by Gasteiger charge is 2.34. The van der Waals surface area contributed by atoms with Crippen LogP contribution in [0.15, 0.2) is 12.1 Å². The molecule has 3 heterocycles. The summed E-state index contributed by atoms with van der Waals surface area (Å²) in [7, 11) is 1.71. The molecule has 0 amide bonds. The molecule has 1 aromatic heterocycles. The molecule has 118 valence electrons. The molecule has 0 bridgehead atoms. The normalized spacial score (nSPS) is 20.4. The predicted octanol–water partition coefficient (Wildman–Crippen LogP) is 2.13. The third kappa shape index (κ3) is 2.35. The number of anilines is 1. The number of hydrogen-bond acceptors (Lipinski definition) is 6. The van der Waals surface area contributed by atoms with E-state index in [-0.39, 0.29) is 0 Å². The van der Waals surface area contributed by atoms with Gasteiger partial charge in [-0.25, -0.2) is 4.98 Å². The summed E-state index contributed by atoms with van der Waals surface area (Å²) in [6.45, 7) is 8.14. The molecule has 6 heteroatoms. The van der Waals surface area contributed by atoms with Crippen molar-refractivity contribution in [3.05, 3.63) is 17.7 Å². The Balaban J connectivity index is 1.52. The molecule has 2 fully saturated rings. The van der Waals surface area contributed by atoms with E-state index in [4.69, 9.17) is 14.5 Å². The summed E-state index contributed by atoms with van der Waals surface area (Å²) >= 11 is 1.78. The third-order valence-electron chi connectivity index (χ3n) is 4.61. The van der Waals surface area contributed by atoms with Gasteiger partial charge in [-0.1, -0.05) is 17.4 Å². The zero-order chi connectivity index (χ0) is 15.1. The molecule has 22 heavy (non-hydrogen) atoms. The maximum Gasteiger partial charge on any atom is 0.186 e. The minimum Gasteiger partial charge on any atom is -0.494 e. The summed E-state index contributed by atoms with van der Waals surface area (Å²) in [5.41, 5.74) is 2.27. The molecular formula is C16H21N3O2S. The van der Waals surface area contributed by atoms with Crippen molar-refractivity contribution in [3.63, 3.8) is 0 Å². The molecule has 0 saturated carbocycles. The van der Waals surface area contributed by atoms with Crippen molar-refractivity contribution < 1.29 is 9.47 Å². The quantitative estimate of drug-likeness (QED) is 0.866. The SMILES string of the molecule is COc1ccc(C)c2sc(N3CC(N4CCOCC4)C3)nc12. The Bertz CT molecular complexity index is 675. The first-order valence-corrected chi connectivity index (χ1v) is 8.59. The van der Waals surface area contributed by atoms with Gasteiger partial charge in [-0.2, -0.15) is 0 Å². The Kier molecular flexibility index (Phi) is 3.68. The molecule has 2 aliphatic rings. The molecule has 0 unspecified atom stereocenters. The van der Waals surface area contributed by atoms with E-state index in [9.17, 15) is 0 Å². The maximum absolute atomic E-state index is 5.45. The molecular weight excluding hydrogens is 298 g/mol. The van der Waals surface area contributed by atoms with E-state index in [1.807, 2.05) is 6.07 Å². The Morgan fingerprint density at radius 2 is 2.05 bits per heavy atom. The molecule has 0 radical (unpaired) electrons. The number of nitrogens with zero attached hydrogens (tertiary/aromatic N) is 3. The Labute approximate surface area is 134 Å². The summed E-state index contributed by atoms with van der Waals surface area (Å²) in [6.07, 6.45) is 0. The van der Waals surface area contributed by atoms with Crippen LogP contribution < -0.4 is 9.64 Å². The zero-order valence-corrected chi connectivity index (χ0v) is 13.9. The van der Waals surface area contributed by atoms with Crippen LogP contribution in [0.2, 0.25) is 0 Å². The number of thiazole rings is 1.